The molecule has 84 valence electrons. The van der Waals surface area contributed by atoms with Crippen LogP contribution in [0.4, 0.5) is 4.39 Å². The summed E-state index contributed by atoms with van der Waals surface area (Å²) in [5.74, 6) is -0.0235. The van der Waals surface area contributed by atoms with Crippen LogP contribution < -0.4 is 0 Å². The molecule has 1 N–H and O–H groups in total. The highest BCUT2D eigenvalue weighted by Gasteiger charge is 2.18. The van der Waals surface area contributed by atoms with Gasteiger partial charge in [0.1, 0.15) is 5.82 Å². The molecule has 0 bridgehead atoms. The van der Waals surface area contributed by atoms with Crippen molar-refractivity contribution in [2.24, 2.45) is 5.92 Å². The molecule has 2 heteroatoms. The molecule has 1 unspecified atom stereocenters. The van der Waals surface area contributed by atoms with E-state index in [4.69, 9.17) is 0 Å². The van der Waals surface area contributed by atoms with E-state index in [9.17, 15) is 9.50 Å². The van der Waals surface area contributed by atoms with Crippen LogP contribution in [-0.2, 0) is 0 Å². The van der Waals surface area contributed by atoms with E-state index in [0.29, 0.717) is 11.1 Å². The first kappa shape index (κ1) is 12.2. The molecule has 1 rings (SSSR count). The standard InChI is InChI=1S/C13H19FO/c1-4-10(5-2)13(15)11-7-6-9(3)12(14)8-11/h6-8,10,13,15H,4-5H2,1-3H3. The lowest BCUT2D eigenvalue weighted by Crippen LogP contribution is -2.11. The maximum atomic E-state index is 13.3. The number of rotatable bonds is 4. The molecule has 0 aliphatic heterocycles. The number of halogens is 1. The van der Waals surface area contributed by atoms with Crippen LogP contribution in [0.5, 0.6) is 0 Å². The molecule has 0 saturated carbocycles. The van der Waals surface area contributed by atoms with Crippen LogP contribution in [0.3, 0.4) is 0 Å². The van der Waals surface area contributed by atoms with Gasteiger partial charge in [0.2, 0.25) is 0 Å². The zero-order valence-electron chi connectivity index (χ0n) is 9.63. The molecule has 0 aliphatic carbocycles. The number of aliphatic hydroxyl groups excluding tert-OH is 1. The molecule has 15 heavy (non-hydrogen) atoms. The fourth-order valence-electron chi connectivity index (χ4n) is 1.80. The third-order valence-corrected chi connectivity index (χ3v) is 3.03. The van der Waals surface area contributed by atoms with Gasteiger partial charge >= 0.3 is 0 Å². The normalized spacial score (nSPS) is 13.2. The highest BCUT2D eigenvalue weighted by atomic mass is 19.1. The maximum absolute atomic E-state index is 13.3. The summed E-state index contributed by atoms with van der Waals surface area (Å²) < 4.78 is 13.3. The van der Waals surface area contributed by atoms with Gasteiger partial charge in [0, 0.05) is 0 Å². The highest BCUT2D eigenvalue weighted by molar-refractivity contribution is 5.25. The molecule has 0 fully saturated rings. The Hall–Kier alpha value is -0.890. The van der Waals surface area contributed by atoms with Crippen molar-refractivity contribution in [1.29, 1.82) is 0 Å². The van der Waals surface area contributed by atoms with Gasteiger partial charge in [-0.1, -0.05) is 38.8 Å². The van der Waals surface area contributed by atoms with E-state index in [0.717, 1.165) is 12.8 Å². The van der Waals surface area contributed by atoms with Gasteiger partial charge in [0.25, 0.3) is 0 Å². The quantitative estimate of drug-likeness (QED) is 0.805. The fraction of sp³-hybridized carbons (Fsp3) is 0.538. The van der Waals surface area contributed by atoms with Crippen LogP contribution in [-0.4, -0.2) is 5.11 Å². The number of hydrogen-bond acceptors (Lipinski definition) is 1. The van der Waals surface area contributed by atoms with Gasteiger partial charge < -0.3 is 5.11 Å². The summed E-state index contributed by atoms with van der Waals surface area (Å²) in [6.07, 6.45) is 1.27. The first-order valence-corrected chi connectivity index (χ1v) is 5.54. The lowest BCUT2D eigenvalue weighted by atomic mass is 9.91. The molecule has 1 atom stereocenters. The minimum atomic E-state index is -0.546. The van der Waals surface area contributed by atoms with Crippen molar-refractivity contribution in [1.82, 2.24) is 0 Å². The van der Waals surface area contributed by atoms with E-state index in [-0.39, 0.29) is 11.7 Å². The van der Waals surface area contributed by atoms with Gasteiger partial charge in [0.05, 0.1) is 6.10 Å². The number of hydrogen-bond donors (Lipinski definition) is 1. The van der Waals surface area contributed by atoms with Crippen LogP contribution in [0.2, 0.25) is 0 Å². The zero-order chi connectivity index (χ0) is 11.4. The first-order chi connectivity index (χ1) is 7.10. The highest BCUT2D eigenvalue weighted by Crippen LogP contribution is 2.27. The number of aliphatic hydroxyl groups is 1. The molecular weight excluding hydrogens is 191 g/mol. The Labute approximate surface area is 90.9 Å². The van der Waals surface area contributed by atoms with Gasteiger partial charge in [0.15, 0.2) is 0 Å². The third kappa shape index (κ3) is 2.78. The Morgan fingerprint density at radius 2 is 1.87 bits per heavy atom. The first-order valence-electron chi connectivity index (χ1n) is 5.54. The lowest BCUT2D eigenvalue weighted by molar-refractivity contribution is 0.103. The van der Waals surface area contributed by atoms with Gasteiger partial charge in [-0.2, -0.15) is 0 Å². The second-order valence-corrected chi connectivity index (χ2v) is 4.03. The second kappa shape index (κ2) is 5.26. The minimum Gasteiger partial charge on any atom is -0.388 e. The summed E-state index contributed by atoms with van der Waals surface area (Å²) in [4.78, 5) is 0. The predicted molar refractivity (Wildman–Crippen MR) is 60.2 cm³/mol. The Morgan fingerprint density at radius 1 is 1.27 bits per heavy atom. The molecule has 0 aromatic heterocycles. The van der Waals surface area contributed by atoms with Crippen molar-refractivity contribution in [3.05, 3.63) is 35.1 Å². The molecule has 0 spiro atoms. The van der Waals surface area contributed by atoms with Crippen LogP contribution >= 0.6 is 0 Å². The smallest absolute Gasteiger partial charge is 0.126 e. The van der Waals surface area contributed by atoms with E-state index in [1.807, 2.05) is 13.8 Å². The van der Waals surface area contributed by atoms with E-state index in [2.05, 4.69) is 0 Å². The fourth-order valence-corrected chi connectivity index (χ4v) is 1.80. The predicted octanol–water partition coefficient (Wildman–Crippen LogP) is 3.60. The number of benzene rings is 1. The van der Waals surface area contributed by atoms with Gasteiger partial charge in [-0.05, 0) is 30.0 Å². The van der Waals surface area contributed by atoms with E-state index in [1.54, 1.807) is 19.1 Å². The minimum absolute atomic E-state index is 0.215. The Kier molecular flexibility index (Phi) is 4.28. The molecule has 0 saturated heterocycles. The summed E-state index contributed by atoms with van der Waals surface area (Å²) in [5.41, 5.74) is 1.31. The Bertz CT molecular complexity index is 318. The molecule has 0 amide bonds. The second-order valence-electron chi connectivity index (χ2n) is 4.03. The third-order valence-electron chi connectivity index (χ3n) is 3.03. The molecule has 0 heterocycles. The molecule has 1 aromatic rings. The van der Waals surface area contributed by atoms with Crippen LogP contribution in [0, 0.1) is 18.7 Å². The summed E-state index contributed by atoms with van der Waals surface area (Å²) in [6, 6.07) is 4.97. The summed E-state index contributed by atoms with van der Waals surface area (Å²) in [6.45, 7) is 5.81. The van der Waals surface area contributed by atoms with Crippen molar-refractivity contribution in [3.8, 4) is 0 Å². The van der Waals surface area contributed by atoms with E-state index in [1.165, 1.54) is 6.07 Å². The van der Waals surface area contributed by atoms with Gasteiger partial charge in [-0.3, -0.25) is 0 Å². The lowest BCUT2D eigenvalue weighted by Gasteiger charge is -2.20. The van der Waals surface area contributed by atoms with Gasteiger partial charge in [-0.15, -0.1) is 0 Å². The monoisotopic (exact) mass is 210 g/mol. The molecule has 1 nitrogen and oxygen atoms in total. The SMILES string of the molecule is CCC(CC)C(O)c1ccc(C)c(F)c1. The van der Waals surface area contributed by atoms with E-state index < -0.39 is 6.10 Å². The Morgan fingerprint density at radius 3 is 2.33 bits per heavy atom. The van der Waals surface area contributed by atoms with Crippen LogP contribution in [0.25, 0.3) is 0 Å². The molecular formula is C13H19FO. The number of aryl methyl sites for hydroxylation is 1. The molecule has 0 radical (unpaired) electrons. The molecule has 0 aliphatic rings. The largest absolute Gasteiger partial charge is 0.388 e. The van der Waals surface area contributed by atoms with Crippen molar-refractivity contribution in [2.45, 2.75) is 39.7 Å². The molecule has 1 aromatic carbocycles. The van der Waals surface area contributed by atoms with Crippen LogP contribution in [0.15, 0.2) is 18.2 Å². The van der Waals surface area contributed by atoms with Crippen molar-refractivity contribution >= 4 is 0 Å². The Balaban J connectivity index is 2.90. The van der Waals surface area contributed by atoms with E-state index >= 15 is 0 Å². The topological polar surface area (TPSA) is 20.2 Å². The average molecular weight is 210 g/mol. The van der Waals surface area contributed by atoms with Crippen molar-refractivity contribution in [3.63, 3.8) is 0 Å². The zero-order valence-corrected chi connectivity index (χ0v) is 9.63. The van der Waals surface area contributed by atoms with Crippen LogP contribution in [0.1, 0.15) is 43.9 Å². The van der Waals surface area contributed by atoms with Gasteiger partial charge in [-0.25, -0.2) is 4.39 Å². The average Bonchev–Trinajstić information content (AvgIpc) is 2.23. The summed E-state index contributed by atoms with van der Waals surface area (Å²) in [5, 5.41) is 10.0. The summed E-state index contributed by atoms with van der Waals surface area (Å²) in [7, 11) is 0. The summed E-state index contributed by atoms with van der Waals surface area (Å²) >= 11 is 0. The maximum Gasteiger partial charge on any atom is 0.126 e. The van der Waals surface area contributed by atoms with Crippen molar-refractivity contribution in [2.75, 3.05) is 0 Å². The van der Waals surface area contributed by atoms with Crippen molar-refractivity contribution < 1.29 is 9.50 Å².